The summed E-state index contributed by atoms with van der Waals surface area (Å²) >= 11 is 0. The van der Waals surface area contributed by atoms with Gasteiger partial charge in [0.05, 0.1) is 0 Å². The molecule has 0 spiro atoms. The number of aliphatic hydroxyl groups excluding tert-OH is 1. The lowest BCUT2D eigenvalue weighted by molar-refractivity contribution is 0.103. The highest BCUT2D eigenvalue weighted by Gasteiger charge is 2.21. The van der Waals surface area contributed by atoms with Crippen LogP contribution in [0.4, 0.5) is 8.78 Å². The molecule has 1 aromatic carbocycles. The zero-order valence-corrected chi connectivity index (χ0v) is 11.6. The first-order valence-corrected chi connectivity index (χ1v) is 7.04. The fourth-order valence-electron chi connectivity index (χ4n) is 2.51. The summed E-state index contributed by atoms with van der Waals surface area (Å²) in [6.45, 7) is 2.73. The third-order valence-corrected chi connectivity index (χ3v) is 3.67. The van der Waals surface area contributed by atoms with Crippen LogP contribution in [0, 0.1) is 17.6 Å². The molecule has 2 rings (SSSR count). The number of ether oxygens (including phenoxy) is 1. The van der Waals surface area contributed by atoms with Crippen molar-refractivity contribution in [2.75, 3.05) is 13.2 Å². The molecule has 1 aromatic rings. The molecule has 2 N–H and O–H groups in total. The maximum atomic E-state index is 13.0. The second kappa shape index (κ2) is 6.99. The van der Waals surface area contributed by atoms with E-state index >= 15 is 0 Å². The minimum absolute atomic E-state index is 0.0559. The molecule has 3 nitrogen and oxygen atoms in total. The van der Waals surface area contributed by atoms with Gasteiger partial charge in [-0.05, 0) is 37.3 Å². The average molecular weight is 285 g/mol. The Bertz CT molecular complexity index is 442. The zero-order valence-electron chi connectivity index (χ0n) is 11.6. The lowest BCUT2D eigenvalue weighted by Crippen LogP contribution is -2.36. The molecule has 5 heteroatoms. The van der Waals surface area contributed by atoms with E-state index in [-0.39, 0.29) is 12.4 Å². The van der Waals surface area contributed by atoms with E-state index in [0.717, 1.165) is 30.9 Å². The highest BCUT2D eigenvalue weighted by atomic mass is 19.2. The van der Waals surface area contributed by atoms with Gasteiger partial charge < -0.3 is 15.2 Å². The molecule has 0 saturated heterocycles. The van der Waals surface area contributed by atoms with Gasteiger partial charge >= 0.3 is 0 Å². The Balaban J connectivity index is 1.69. The monoisotopic (exact) mass is 285 g/mol. The van der Waals surface area contributed by atoms with Crippen LogP contribution in [0.3, 0.4) is 0 Å². The molecule has 3 unspecified atom stereocenters. The van der Waals surface area contributed by atoms with Crippen molar-refractivity contribution >= 4 is 0 Å². The van der Waals surface area contributed by atoms with Crippen LogP contribution in [-0.4, -0.2) is 30.4 Å². The van der Waals surface area contributed by atoms with Crippen molar-refractivity contribution in [1.82, 2.24) is 5.32 Å². The highest BCUT2D eigenvalue weighted by molar-refractivity contribution is 5.23. The maximum absolute atomic E-state index is 13.0. The molecule has 0 radical (unpaired) electrons. The number of nitrogens with one attached hydrogen (secondary N) is 1. The predicted octanol–water partition coefficient (Wildman–Crippen LogP) is 2.48. The molecule has 112 valence electrons. The Morgan fingerprint density at radius 1 is 1.35 bits per heavy atom. The summed E-state index contributed by atoms with van der Waals surface area (Å²) in [6.07, 6.45) is 2.83. The molecule has 20 heavy (non-hydrogen) atoms. The van der Waals surface area contributed by atoms with Gasteiger partial charge in [-0.2, -0.15) is 0 Å². The first-order valence-electron chi connectivity index (χ1n) is 7.04. The third kappa shape index (κ3) is 4.42. The van der Waals surface area contributed by atoms with Gasteiger partial charge in [-0.3, -0.25) is 0 Å². The molecule has 1 aliphatic carbocycles. The second-order valence-electron chi connectivity index (χ2n) is 5.56. The van der Waals surface area contributed by atoms with Crippen LogP contribution in [0.15, 0.2) is 18.2 Å². The number of benzene rings is 1. The van der Waals surface area contributed by atoms with Crippen LogP contribution in [-0.2, 0) is 0 Å². The summed E-state index contributed by atoms with van der Waals surface area (Å²) in [5.74, 6) is -0.898. The lowest BCUT2D eigenvalue weighted by atomic mass is 10.1. The molecule has 0 bridgehead atoms. The minimum Gasteiger partial charge on any atom is -0.491 e. The van der Waals surface area contributed by atoms with Crippen LogP contribution in [0.5, 0.6) is 5.75 Å². The smallest absolute Gasteiger partial charge is 0.162 e. The molecule has 1 aliphatic rings. The summed E-state index contributed by atoms with van der Waals surface area (Å²) in [6, 6.07) is 3.79. The van der Waals surface area contributed by atoms with Crippen molar-refractivity contribution in [3.63, 3.8) is 0 Å². The molecule has 1 fully saturated rings. The Kier molecular flexibility index (Phi) is 5.31. The van der Waals surface area contributed by atoms with Crippen molar-refractivity contribution in [1.29, 1.82) is 0 Å². The fourth-order valence-corrected chi connectivity index (χ4v) is 2.51. The first kappa shape index (κ1) is 15.2. The molecular formula is C15H21F2NO2. The normalized spacial score (nSPS) is 23.8. The number of hydrogen-bond donors (Lipinski definition) is 2. The van der Waals surface area contributed by atoms with Crippen molar-refractivity contribution in [3.8, 4) is 5.75 Å². The zero-order chi connectivity index (χ0) is 14.5. The van der Waals surface area contributed by atoms with Gasteiger partial charge in [0.15, 0.2) is 11.6 Å². The van der Waals surface area contributed by atoms with E-state index in [1.807, 2.05) is 0 Å². The van der Waals surface area contributed by atoms with E-state index < -0.39 is 17.7 Å². The number of hydrogen-bond acceptors (Lipinski definition) is 3. The Morgan fingerprint density at radius 3 is 2.80 bits per heavy atom. The SMILES string of the molecule is CC1CCC(NCC(O)COc2ccc(F)c(F)c2)C1. The largest absolute Gasteiger partial charge is 0.491 e. The number of rotatable bonds is 6. The Morgan fingerprint density at radius 2 is 2.15 bits per heavy atom. The molecule has 0 heterocycles. The standard InChI is InChI=1S/C15H21F2NO2/c1-10-2-3-11(6-10)18-8-12(19)9-20-13-4-5-14(16)15(17)7-13/h4-5,7,10-12,18-19H,2-3,6,8-9H2,1H3. The second-order valence-corrected chi connectivity index (χ2v) is 5.56. The Hall–Kier alpha value is -1.20. The maximum Gasteiger partial charge on any atom is 0.162 e. The van der Waals surface area contributed by atoms with Crippen molar-refractivity contribution in [2.45, 2.75) is 38.3 Å². The molecule has 0 amide bonds. The van der Waals surface area contributed by atoms with Gasteiger partial charge in [0.25, 0.3) is 0 Å². The van der Waals surface area contributed by atoms with E-state index in [1.165, 1.54) is 12.5 Å². The van der Waals surface area contributed by atoms with E-state index in [4.69, 9.17) is 4.74 Å². The van der Waals surface area contributed by atoms with E-state index in [1.54, 1.807) is 0 Å². The van der Waals surface area contributed by atoms with Gasteiger partial charge in [-0.1, -0.05) is 6.92 Å². The van der Waals surface area contributed by atoms with Crippen molar-refractivity contribution < 1.29 is 18.6 Å². The first-order chi connectivity index (χ1) is 9.54. The van der Waals surface area contributed by atoms with Crippen molar-refractivity contribution in [2.24, 2.45) is 5.92 Å². The summed E-state index contributed by atoms with van der Waals surface area (Å²) < 4.78 is 30.9. The average Bonchev–Trinajstić information content (AvgIpc) is 2.83. The van der Waals surface area contributed by atoms with Crippen LogP contribution in [0.2, 0.25) is 0 Å². The summed E-state index contributed by atoms with van der Waals surface area (Å²) in [5, 5.41) is 13.1. The van der Waals surface area contributed by atoms with Crippen LogP contribution < -0.4 is 10.1 Å². The molecule has 1 saturated carbocycles. The van der Waals surface area contributed by atoms with Crippen molar-refractivity contribution in [3.05, 3.63) is 29.8 Å². The minimum atomic E-state index is -0.949. The predicted molar refractivity (Wildman–Crippen MR) is 72.7 cm³/mol. The van der Waals surface area contributed by atoms with Gasteiger partial charge in [0.1, 0.15) is 18.5 Å². The Labute approximate surface area is 117 Å². The third-order valence-electron chi connectivity index (χ3n) is 3.67. The quantitative estimate of drug-likeness (QED) is 0.843. The van der Waals surface area contributed by atoms with E-state index in [9.17, 15) is 13.9 Å². The van der Waals surface area contributed by atoms with Crippen LogP contribution in [0.25, 0.3) is 0 Å². The summed E-state index contributed by atoms with van der Waals surface area (Å²) in [7, 11) is 0. The van der Waals surface area contributed by atoms with E-state index in [2.05, 4.69) is 12.2 Å². The van der Waals surface area contributed by atoms with E-state index in [0.29, 0.717) is 12.6 Å². The molecule has 0 aliphatic heterocycles. The van der Waals surface area contributed by atoms with Crippen LogP contribution in [0.1, 0.15) is 26.2 Å². The number of halogens is 2. The fraction of sp³-hybridized carbons (Fsp3) is 0.600. The topological polar surface area (TPSA) is 41.5 Å². The number of aliphatic hydroxyl groups is 1. The lowest BCUT2D eigenvalue weighted by Gasteiger charge is -2.17. The summed E-state index contributed by atoms with van der Waals surface area (Å²) in [5.41, 5.74) is 0. The molecular weight excluding hydrogens is 264 g/mol. The van der Waals surface area contributed by atoms with Gasteiger partial charge in [-0.15, -0.1) is 0 Å². The molecule has 0 aromatic heterocycles. The molecule has 3 atom stereocenters. The summed E-state index contributed by atoms with van der Waals surface area (Å²) in [4.78, 5) is 0. The van der Waals surface area contributed by atoms with Crippen LogP contribution >= 0.6 is 0 Å². The van der Waals surface area contributed by atoms with Gasteiger partial charge in [-0.25, -0.2) is 8.78 Å². The van der Waals surface area contributed by atoms with Gasteiger partial charge in [0, 0.05) is 18.7 Å². The van der Waals surface area contributed by atoms with Gasteiger partial charge in [0.2, 0.25) is 0 Å². The highest BCUT2D eigenvalue weighted by Crippen LogP contribution is 2.24.